The third-order valence-electron chi connectivity index (χ3n) is 3.35. The van der Waals surface area contributed by atoms with Crippen molar-refractivity contribution in [3.05, 3.63) is 63.7 Å². The van der Waals surface area contributed by atoms with Gasteiger partial charge >= 0.3 is 0 Å². The highest BCUT2D eigenvalue weighted by atomic mass is 16.6. The van der Waals surface area contributed by atoms with Crippen LogP contribution in [0.15, 0.2) is 42.5 Å². The lowest BCUT2D eigenvalue weighted by Crippen LogP contribution is -2.02. The van der Waals surface area contributed by atoms with Gasteiger partial charge in [0, 0.05) is 29.7 Å². The van der Waals surface area contributed by atoms with E-state index in [1.807, 2.05) is 0 Å². The summed E-state index contributed by atoms with van der Waals surface area (Å²) in [4.78, 5) is 22.6. The van der Waals surface area contributed by atoms with Crippen molar-refractivity contribution in [2.45, 2.75) is 6.42 Å². The highest BCUT2D eigenvalue weighted by Crippen LogP contribution is 2.31. The summed E-state index contributed by atoms with van der Waals surface area (Å²) >= 11 is 0. The van der Waals surface area contributed by atoms with E-state index in [4.69, 9.17) is 9.47 Å². The quantitative estimate of drug-likeness (QED) is 0.494. The summed E-state index contributed by atoms with van der Waals surface area (Å²) in [6, 6.07) is 10.5. The Morgan fingerprint density at radius 2 is 1.59 bits per heavy atom. The molecule has 3 rings (SSSR count). The number of ketones is 1. The predicted molar refractivity (Wildman–Crippen MR) is 78.6 cm³/mol. The topological polar surface area (TPSA) is 78.7 Å². The Morgan fingerprint density at radius 1 is 0.955 bits per heavy atom. The van der Waals surface area contributed by atoms with Crippen LogP contribution in [0.4, 0.5) is 5.69 Å². The van der Waals surface area contributed by atoms with Crippen molar-refractivity contribution in [2.24, 2.45) is 0 Å². The van der Waals surface area contributed by atoms with Crippen LogP contribution in [0.2, 0.25) is 0 Å². The minimum Gasteiger partial charge on any atom is -0.490 e. The molecule has 0 saturated carbocycles. The number of nitro benzene ring substituents is 1. The molecule has 0 aliphatic carbocycles. The normalized spacial score (nSPS) is 13.3. The molecule has 0 radical (unpaired) electrons. The fourth-order valence-corrected chi connectivity index (χ4v) is 2.21. The zero-order valence-electron chi connectivity index (χ0n) is 11.7. The van der Waals surface area contributed by atoms with Gasteiger partial charge in [0.1, 0.15) is 0 Å². The van der Waals surface area contributed by atoms with Gasteiger partial charge in [0.2, 0.25) is 0 Å². The summed E-state index contributed by atoms with van der Waals surface area (Å²) in [5.74, 6) is 0.952. The molecule has 6 nitrogen and oxygen atoms in total. The third-order valence-corrected chi connectivity index (χ3v) is 3.35. The average molecular weight is 299 g/mol. The molecule has 0 bridgehead atoms. The fourth-order valence-electron chi connectivity index (χ4n) is 2.21. The summed E-state index contributed by atoms with van der Waals surface area (Å²) < 4.78 is 11.1. The van der Waals surface area contributed by atoms with Gasteiger partial charge in [0.15, 0.2) is 17.3 Å². The minimum absolute atomic E-state index is 0.0461. The molecule has 1 heterocycles. The predicted octanol–water partition coefficient (Wildman–Crippen LogP) is 2.99. The zero-order valence-corrected chi connectivity index (χ0v) is 11.7. The lowest BCUT2D eigenvalue weighted by atomic mass is 10.0. The van der Waals surface area contributed by atoms with E-state index in [0.717, 1.165) is 6.42 Å². The van der Waals surface area contributed by atoms with Crippen LogP contribution >= 0.6 is 0 Å². The number of hydrogen-bond acceptors (Lipinski definition) is 5. The Labute approximate surface area is 126 Å². The molecule has 2 aromatic rings. The minimum atomic E-state index is -0.498. The van der Waals surface area contributed by atoms with Crippen LogP contribution in [-0.2, 0) is 0 Å². The van der Waals surface area contributed by atoms with E-state index >= 15 is 0 Å². The van der Waals surface area contributed by atoms with Gasteiger partial charge in [-0.25, -0.2) is 0 Å². The van der Waals surface area contributed by atoms with Gasteiger partial charge in [0.05, 0.1) is 18.1 Å². The second-order valence-electron chi connectivity index (χ2n) is 4.85. The number of fused-ring (bicyclic) bond motifs is 1. The molecule has 0 fully saturated rings. The Balaban J connectivity index is 1.88. The highest BCUT2D eigenvalue weighted by molar-refractivity contribution is 6.09. The van der Waals surface area contributed by atoms with Crippen LogP contribution in [0, 0.1) is 10.1 Å². The van der Waals surface area contributed by atoms with Crippen molar-refractivity contribution in [1.29, 1.82) is 0 Å². The number of non-ortho nitro benzene ring substituents is 1. The first-order valence-electron chi connectivity index (χ1n) is 6.84. The molecule has 0 spiro atoms. The van der Waals surface area contributed by atoms with E-state index in [1.54, 1.807) is 18.2 Å². The van der Waals surface area contributed by atoms with Crippen molar-refractivity contribution in [1.82, 2.24) is 0 Å². The number of nitro groups is 1. The number of carbonyl (C=O) groups is 1. The average Bonchev–Trinajstić information content (AvgIpc) is 2.78. The largest absolute Gasteiger partial charge is 0.490 e. The number of carbonyl (C=O) groups excluding carboxylic acids is 1. The van der Waals surface area contributed by atoms with Gasteiger partial charge in [-0.2, -0.15) is 0 Å². The van der Waals surface area contributed by atoms with Gasteiger partial charge < -0.3 is 9.47 Å². The summed E-state index contributed by atoms with van der Waals surface area (Å²) in [5.41, 5.74) is 0.799. The van der Waals surface area contributed by atoms with Crippen molar-refractivity contribution < 1.29 is 19.2 Å². The Bertz CT molecular complexity index is 724. The van der Waals surface area contributed by atoms with E-state index in [-0.39, 0.29) is 11.5 Å². The number of nitrogens with zero attached hydrogens (tertiary/aromatic N) is 1. The number of hydrogen-bond donors (Lipinski definition) is 0. The molecule has 0 atom stereocenters. The van der Waals surface area contributed by atoms with Crippen LogP contribution < -0.4 is 9.47 Å². The second kappa shape index (κ2) is 5.85. The van der Waals surface area contributed by atoms with E-state index < -0.39 is 4.92 Å². The fraction of sp³-hybridized carbons (Fsp3) is 0.188. The number of rotatable bonds is 3. The summed E-state index contributed by atoms with van der Waals surface area (Å²) in [6.45, 7) is 1.13. The van der Waals surface area contributed by atoms with E-state index in [0.29, 0.717) is 35.8 Å². The first-order chi connectivity index (χ1) is 10.6. The molecule has 112 valence electrons. The molecule has 1 aliphatic rings. The maximum atomic E-state index is 12.4. The number of ether oxygens (including phenoxy) is 2. The standard InChI is InChI=1S/C16H13NO5/c18-16(11-2-5-13(6-3-11)17(19)20)12-4-7-14-15(10-12)22-9-1-8-21-14/h2-7,10H,1,8-9H2. The second-order valence-corrected chi connectivity index (χ2v) is 4.85. The van der Waals surface area contributed by atoms with E-state index in [9.17, 15) is 14.9 Å². The van der Waals surface area contributed by atoms with Crippen LogP contribution in [0.5, 0.6) is 11.5 Å². The van der Waals surface area contributed by atoms with E-state index in [2.05, 4.69) is 0 Å². The molecular formula is C16H13NO5. The lowest BCUT2D eigenvalue weighted by molar-refractivity contribution is -0.384. The van der Waals surface area contributed by atoms with Crippen molar-refractivity contribution >= 4 is 11.5 Å². The van der Waals surface area contributed by atoms with Crippen molar-refractivity contribution in [3.8, 4) is 11.5 Å². The van der Waals surface area contributed by atoms with Crippen molar-refractivity contribution in [2.75, 3.05) is 13.2 Å². The number of benzene rings is 2. The molecule has 0 N–H and O–H groups in total. The third kappa shape index (κ3) is 2.76. The highest BCUT2D eigenvalue weighted by Gasteiger charge is 2.16. The zero-order chi connectivity index (χ0) is 15.5. The van der Waals surface area contributed by atoms with Gasteiger partial charge in [0.25, 0.3) is 5.69 Å². The summed E-state index contributed by atoms with van der Waals surface area (Å²) in [7, 11) is 0. The van der Waals surface area contributed by atoms with Crippen LogP contribution in [0.1, 0.15) is 22.3 Å². The van der Waals surface area contributed by atoms with E-state index in [1.165, 1.54) is 24.3 Å². The molecule has 0 saturated heterocycles. The van der Waals surface area contributed by atoms with Crippen molar-refractivity contribution in [3.63, 3.8) is 0 Å². The lowest BCUT2D eigenvalue weighted by Gasteiger charge is -2.08. The van der Waals surface area contributed by atoms with Crippen LogP contribution in [0.3, 0.4) is 0 Å². The summed E-state index contributed by atoms with van der Waals surface area (Å²) in [6.07, 6.45) is 0.792. The Morgan fingerprint density at radius 3 is 2.27 bits per heavy atom. The van der Waals surface area contributed by atoms with Gasteiger partial charge in [-0.3, -0.25) is 14.9 Å². The molecule has 6 heteroatoms. The van der Waals surface area contributed by atoms with Crippen LogP contribution in [0.25, 0.3) is 0 Å². The Kier molecular flexibility index (Phi) is 3.74. The first kappa shape index (κ1) is 14.1. The molecular weight excluding hydrogens is 286 g/mol. The smallest absolute Gasteiger partial charge is 0.269 e. The molecule has 0 amide bonds. The SMILES string of the molecule is O=C(c1ccc([N+](=O)[O-])cc1)c1ccc2c(c1)OCCCO2. The molecule has 0 aromatic heterocycles. The monoisotopic (exact) mass is 299 g/mol. The van der Waals surface area contributed by atoms with Gasteiger partial charge in [-0.05, 0) is 30.3 Å². The van der Waals surface area contributed by atoms with Gasteiger partial charge in [-0.15, -0.1) is 0 Å². The Hall–Kier alpha value is -2.89. The molecule has 2 aromatic carbocycles. The maximum Gasteiger partial charge on any atom is 0.269 e. The van der Waals surface area contributed by atoms with Gasteiger partial charge in [-0.1, -0.05) is 0 Å². The molecule has 0 unspecified atom stereocenters. The maximum absolute atomic E-state index is 12.4. The first-order valence-corrected chi connectivity index (χ1v) is 6.84. The van der Waals surface area contributed by atoms with Crippen LogP contribution in [-0.4, -0.2) is 23.9 Å². The summed E-state index contributed by atoms with van der Waals surface area (Å²) in [5, 5.41) is 10.6. The molecule has 1 aliphatic heterocycles. The molecule has 22 heavy (non-hydrogen) atoms.